The van der Waals surface area contributed by atoms with Crippen LogP contribution < -0.4 is 31.9 Å². The Morgan fingerprint density at radius 1 is 0.444 bits per heavy atom. The maximum atomic E-state index is 3.64. The van der Waals surface area contributed by atoms with E-state index in [9.17, 15) is 0 Å². The van der Waals surface area contributed by atoms with Gasteiger partial charge in [0.05, 0.1) is 0 Å². The molecule has 0 unspecified atom stereocenters. The summed E-state index contributed by atoms with van der Waals surface area (Å²) in [5, 5.41) is 21.5. The molecule has 0 atom stereocenters. The van der Waals surface area contributed by atoms with Crippen LogP contribution in [0.5, 0.6) is 0 Å². The third-order valence-electron chi connectivity index (χ3n) is 7.04. The summed E-state index contributed by atoms with van der Waals surface area (Å²) in [6.07, 6.45) is 4.79. The molecule has 0 aromatic heterocycles. The molecule has 0 bridgehead atoms. The lowest BCUT2D eigenvalue weighted by Crippen LogP contribution is -2.37. The standard InChI is InChI=1S/C28H54N8/c1-6-27(25-35-20-4-12-31-16-14-29-8-2-10-33-18-22-35)24-28(7-1)26-36-21-5-13-32-17-15-30-9-3-11-34-19-23-36/h1,6-7,24,29-34H,2-5,8-23,25-26H2. The highest BCUT2D eigenvalue weighted by Crippen LogP contribution is 2.12. The van der Waals surface area contributed by atoms with Crippen molar-refractivity contribution in [1.29, 1.82) is 0 Å². The summed E-state index contributed by atoms with van der Waals surface area (Å²) in [5.41, 5.74) is 2.89. The first-order valence-electron chi connectivity index (χ1n) is 14.7. The van der Waals surface area contributed by atoms with E-state index in [4.69, 9.17) is 0 Å². The first-order chi connectivity index (χ1) is 17.9. The number of nitrogens with one attached hydrogen (secondary N) is 6. The van der Waals surface area contributed by atoms with Crippen LogP contribution in [0.25, 0.3) is 0 Å². The van der Waals surface area contributed by atoms with E-state index in [1.165, 1.54) is 36.8 Å². The second-order valence-electron chi connectivity index (χ2n) is 10.3. The lowest BCUT2D eigenvalue weighted by molar-refractivity contribution is 0.256. The van der Waals surface area contributed by atoms with Crippen LogP contribution >= 0.6 is 0 Å². The zero-order chi connectivity index (χ0) is 24.9. The third kappa shape index (κ3) is 14.0. The predicted molar refractivity (Wildman–Crippen MR) is 153 cm³/mol. The summed E-state index contributed by atoms with van der Waals surface area (Å²) in [4.78, 5) is 5.26. The fourth-order valence-corrected chi connectivity index (χ4v) is 4.99. The molecular formula is C28H54N8. The minimum atomic E-state index is 1.04. The molecule has 2 aliphatic heterocycles. The summed E-state index contributed by atoms with van der Waals surface area (Å²) < 4.78 is 0. The average molecular weight is 503 g/mol. The minimum Gasteiger partial charge on any atom is -0.315 e. The van der Waals surface area contributed by atoms with Gasteiger partial charge < -0.3 is 31.9 Å². The fraction of sp³-hybridized carbons (Fsp3) is 0.786. The van der Waals surface area contributed by atoms with Crippen LogP contribution in [0.1, 0.15) is 36.8 Å². The average Bonchev–Trinajstić information content (AvgIpc) is 2.88. The normalized spacial score (nSPS) is 22.9. The highest BCUT2D eigenvalue weighted by atomic mass is 15.1. The van der Waals surface area contributed by atoms with Crippen molar-refractivity contribution >= 4 is 0 Å². The lowest BCUT2D eigenvalue weighted by atomic mass is 10.1. The van der Waals surface area contributed by atoms with Crippen molar-refractivity contribution in [2.75, 3.05) is 105 Å². The van der Waals surface area contributed by atoms with E-state index in [0.717, 1.165) is 118 Å². The Labute approximate surface area is 220 Å². The van der Waals surface area contributed by atoms with E-state index in [1.54, 1.807) is 0 Å². The summed E-state index contributed by atoms with van der Waals surface area (Å²) in [6, 6.07) is 9.34. The van der Waals surface area contributed by atoms with Gasteiger partial charge in [0.25, 0.3) is 0 Å². The van der Waals surface area contributed by atoms with Crippen molar-refractivity contribution in [2.24, 2.45) is 0 Å². The van der Waals surface area contributed by atoms with Gasteiger partial charge in [0, 0.05) is 65.4 Å². The second-order valence-corrected chi connectivity index (χ2v) is 10.3. The molecule has 0 saturated carbocycles. The molecule has 36 heavy (non-hydrogen) atoms. The second kappa shape index (κ2) is 19.9. The van der Waals surface area contributed by atoms with Gasteiger partial charge in [-0.3, -0.25) is 9.80 Å². The van der Waals surface area contributed by atoms with E-state index in [0.29, 0.717) is 0 Å². The largest absolute Gasteiger partial charge is 0.315 e. The van der Waals surface area contributed by atoms with Crippen molar-refractivity contribution in [1.82, 2.24) is 41.7 Å². The molecule has 3 rings (SSSR count). The van der Waals surface area contributed by atoms with Crippen LogP contribution in [0.4, 0.5) is 0 Å². The molecule has 0 amide bonds. The molecule has 2 fully saturated rings. The van der Waals surface area contributed by atoms with Gasteiger partial charge in [-0.2, -0.15) is 0 Å². The fourth-order valence-electron chi connectivity index (χ4n) is 4.99. The Bertz CT molecular complexity index is 579. The molecule has 8 heteroatoms. The Hall–Kier alpha value is -1.10. The monoisotopic (exact) mass is 502 g/mol. The predicted octanol–water partition coefficient (Wildman–Crippen LogP) is 0.416. The molecule has 2 heterocycles. The van der Waals surface area contributed by atoms with E-state index in [-0.39, 0.29) is 0 Å². The molecule has 2 saturated heterocycles. The van der Waals surface area contributed by atoms with Crippen LogP contribution in [0.2, 0.25) is 0 Å². The third-order valence-corrected chi connectivity index (χ3v) is 7.04. The Morgan fingerprint density at radius 3 is 1.28 bits per heavy atom. The van der Waals surface area contributed by atoms with Gasteiger partial charge in [-0.1, -0.05) is 24.3 Å². The van der Waals surface area contributed by atoms with Gasteiger partial charge in [-0.25, -0.2) is 0 Å². The van der Waals surface area contributed by atoms with Crippen molar-refractivity contribution in [2.45, 2.75) is 38.8 Å². The van der Waals surface area contributed by atoms with Gasteiger partial charge in [-0.05, 0) is 89.2 Å². The maximum absolute atomic E-state index is 3.64. The Kier molecular flexibility index (Phi) is 16.3. The molecule has 0 radical (unpaired) electrons. The highest BCUT2D eigenvalue weighted by molar-refractivity contribution is 5.23. The summed E-state index contributed by atoms with van der Waals surface area (Å²) in [5.74, 6) is 0. The van der Waals surface area contributed by atoms with E-state index in [2.05, 4.69) is 66.0 Å². The van der Waals surface area contributed by atoms with Crippen LogP contribution in [0.3, 0.4) is 0 Å². The molecule has 1 aromatic rings. The molecule has 1 aromatic carbocycles. The van der Waals surface area contributed by atoms with Gasteiger partial charge in [0.15, 0.2) is 0 Å². The molecule has 206 valence electrons. The van der Waals surface area contributed by atoms with Gasteiger partial charge in [0.2, 0.25) is 0 Å². The zero-order valence-corrected chi connectivity index (χ0v) is 22.8. The Balaban J connectivity index is 1.50. The van der Waals surface area contributed by atoms with Gasteiger partial charge >= 0.3 is 0 Å². The molecule has 2 aliphatic rings. The molecule has 0 aliphatic carbocycles. The smallest absolute Gasteiger partial charge is 0.0234 e. The van der Waals surface area contributed by atoms with E-state index in [1.807, 2.05) is 0 Å². The zero-order valence-electron chi connectivity index (χ0n) is 22.8. The van der Waals surface area contributed by atoms with E-state index < -0.39 is 0 Å². The molecule has 8 nitrogen and oxygen atoms in total. The summed E-state index contributed by atoms with van der Waals surface area (Å²) >= 11 is 0. The highest BCUT2D eigenvalue weighted by Gasteiger charge is 2.10. The van der Waals surface area contributed by atoms with Crippen LogP contribution in [0.15, 0.2) is 24.3 Å². The van der Waals surface area contributed by atoms with E-state index >= 15 is 0 Å². The number of hydrogen-bond acceptors (Lipinski definition) is 8. The lowest BCUT2D eigenvalue weighted by Gasteiger charge is -2.25. The minimum absolute atomic E-state index is 1.04. The van der Waals surface area contributed by atoms with Crippen LogP contribution in [-0.2, 0) is 13.1 Å². The van der Waals surface area contributed by atoms with Crippen molar-refractivity contribution in [3.63, 3.8) is 0 Å². The number of hydrogen-bond donors (Lipinski definition) is 6. The van der Waals surface area contributed by atoms with Crippen molar-refractivity contribution in [3.8, 4) is 0 Å². The maximum Gasteiger partial charge on any atom is 0.0234 e. The van der Waals surface area contributed by atoms with Gasteiger partial charge in [0.1, 0.15) is 0 Å². The van der Waals surface area contributed by atoms with Crippen molar-refractivity contribution in [3.05, 3.63) is 35.4 Å². The molecule has 0 spiro atoms. The quantitative estimate of drug-likeness (QED) is 0.354. The first kappa shape index (κ1) is 29.5. The molecule has 6 N–H and O–H groups in total. The molecular weight excluding hydrogens is 448 g/mol. The number of benzene rings is 1. The SMILES string of the molecule is c1cc(CN2CCCNCCNCCCNCC2)cc(CN2CCCNCCNCCCNCC2)c1. The Morgan fingerprint density at radius 2 is 0.833 bits per heavy atom. The van der Waals surface area contributed by atoms with Gasteiger partial charge in [-0.15, -0.1) is 0 Å². The first-order valence-corrected chi connectivity index (χ1v) is 14.7. The number of rotatable bonds is 4. The van der Waals surface area contributed by atoms with Crippen LogP contribution in [0, 0.1) is 0 Å². The number of nitrogens with zero attached hydrogens (tertiary/aromatic N) is 2. The van der Waals surface area contributed by atoms with Crippen LogP contribution in [-0.4, -0.2) is 115 Å². The van der Waals surface area contributed by atoms with Crippen molar-refractivity contribution < 1.29 is 0 Å². The summed E-state index contributed by atoms with van der Waals surface area (Å²) in [7, 11) is 0. The summed E-state index contributed by atoms with van der Waals surface area (Å²) in [6.45, 7) is 19.6. The topological polar surface area (TPSA) is 78.7 Å².